The number of thioether (sulfide) groups is 1. The molecule has 2 unspecified atom stereocenters. The third-order valence-corrected chi connectivity index (χ3v) is 4.36. The lowest BCUT2D eigenvalue weighted by Crippen LogP contribution is -2.33. The van der Waals surface area contributed by atoms with Gasteiger partial charge in [-0.05, 0) is 29.5 Å². The summed E-state index contributed by atoms with van der Waals surface area (Å²) >= 11 is 1.53. The molecule has 1 aromatic heterocycles. The molecule has 0 radical (unpaired) electrons. The summed E-state index contributed by atoms with van der Waals surface area (Å²) in [5.41, 5.74) is 2.59. The second kappa shape index (κ2) is 5.87. The Bertz CT molecular complexity index is 658. The number of hydrogen-bond acceptors (Lipinski definition) is 4. The molecule has 0 saturated heterocycles. The zero-order valence-electron chi connectivity index (χ0n) is 11.6. The fourth-order valence-electron chi connectivity index (χ4n) is 2.61. The summed E-state index contributed by atoms with van der Waals surface area (Å²) in [6.07, 6.45) is 3.50. The lowest BCUT2D eigenvalue weighted by Gasteiger charge is -2.18. The van der Waals surface area contributed by atoms with Crippen LogP contribution in [-0.4, -0.2) is 28.4 Å². The number of carbonyl (C=O) groups excluding carboxylic acids is 1. The largest absolute Gasteiger partial charge is 0.390 e. The molecule has 5 heteroatoms. The third-order valence-electron chi connectivity index (χ3n) is 3.70. The summed E-state index contributed by atoms with van der Waals surface area (Å²) in [6.45, 7) is 0. The lowest BCUT2D eigenvalue weighted by molar-refractivity contribution is 0.0857. The normalized spacial score (nSPS) is 20.1. The molecule has 0 fully saturated rings. The van der Waals surface area contributed by atoms with Gasteiger partial charge < -0.3 is 10.4 Å². The van der Waals surface area contributed by atoms with E-state index < -0.39 is 6.10 Å². The first-order chi connectivity index (χ1) is 10.2. The van der Waals surface area contributed by atoms with E-state index in [1.807, 2.05) is 36.6 Å². The summed E-state index contributed by atoms with van der Waals surface area (Å²) in [5, 5.41) is 13.9. The summed E-state index contributed by atoms with van der Waals surface area (Å²) in [7, 11) is 0. The molecule has 0 bridgehead atoms. The average Bonchev–Trinajstić information content (AvgIpc) is 2.83. The second-order valence-corrected chi connectivity index (χ2v) is 5.84. The van der Waals surface area contributed by atoms with Crippen LogP contribution >= 0.6 is 11.8 Å². The number of hydrogen-bond donors (Lipinski definition) is 2. The number of aromatic nitrogens is 1. The van der Waals surface area contributed by atoms with Crippen LogP contribution in [0.3, 0.4) is 0 Å². The van der Waals surface area contributed by atoms with Gasteiger partial charge in [0.2, 0.25) is 0 Å². The fraction of sp³-hybridized carbons (Fsp3) is 0.250. The molecule has 0 aliphatic heterocycles. The maximum atomic E-state index is 12.3. The first kappa shape index (κ1) is 14.1. The molecule has 2 N–H and O–H groups in total. The topological polar surface area (TPSA) is 62.2 Å². The predicted octanol–water partition coefficient (Wildman–Crippen LogP) is 2.19. The minimum absolute atomic E-state index is 0.212. The molecule has 1 aliphatic carbocycles. The number of nitrogens with zero attached hydrogens (tertiary/aromatic N) is 1. The molecule has 1 aliphatic rings. The molecule has 108 valence electrons. The predicted molar refractivity (Wildman–Crippen MR) is 82.4 cm³/mol. The van der Waals surface area contributed by atoms with E-state index in [0.29, 0.717) is 12.0 Å². The van der Waals surface area contributed by atoms with E-state index in [-0.39, 0.29) is 11.9 Å². The van der Waals surface area contributed by atoms with E-state index >= 15 is 0 Å². The van der Waals surface area contributed by atoms with Crippen molar-refractivity contribution in [3.05, 3.63) is 59.3 Å². The Morgan fingerprint density at radius 2 is 2.14 bits per heavy atom. The number of aliphatic hydroxyl groups excluding tert-OH is 1. The van der Waals surface area contributed by atoms with Crippen molar-refractivity contribution in [1.82, 2.24) is 10.3 Å². The van der Waals surface area contributed by atoms with Crippen LogP contribution in [0, 0.1) is 0 Å². The van der Waals surface area contributed by atoms with Crippen LogP contribution in [-0.2, 0) is 6.42 Å². The summed E-state index contributed by atoms with van der Waals surface area (Å²) in [6, 6.07) is 11.0. The first-order valence-corrected chi connectivity index (χ1v) is 7.98. The highest BCUT2D eigenvalue weighted by Gasteiger charge is 2.32. The number of pyridine rings is 1. The van der Waals surface area contributed by atoms with Crippen molar-refractivity contribution in [2.45, 2.75) is 23.6 Å². The number of benzene rings is 1. The van der Waals surface area contributed by atoms with Gasteiger partial charge in [-0.1, -0.05) is 24.3 Å². The zero-order chi connectivity index (χ0) is 14.8. The summed E-state index contributed by atoms with van der Waals surface area (Å²) in [5.74, 6) is -0.212. The van der Waals surface area contributed by atoms with Crippen molar-refractivity contribution in [1.29, 1.82) is 0 Å². The number of nitrogens with one attached hydrogen (secondary N) is 1. The van der Waals surface area contributed by atoms with E-state index in [0.717, 1.165) is 16.2 Å². The van der Waals surface area contributed by atoms with Crippen molar-refractivity contribution in [2.75, 3.05) is 6.26 Å². The van der Waals surface area contributed by atoms with E-state index in [9.17, 15) is 9.90 Å². The molecule has 1 aromatic carbocycles. The minimum atomic E-state index is -0.579. The number of carbonyl (C=O) groups is 1. The van der Waals surface area contributed by atoms with Gasteiger partial charge in [0.15, 0.2) is 0 Å². The Hall–Kier alpha value is -1.85. The second-order valence-electron chi connectivity index (χ2n) is 5.01. The van der Waals surface area contributed by atoms with Crippen LogP contribution in [0.25, 0.3) is 0 Å². The molecular weight excluding hydrogens is 284 g/mol. The van der Waals surface area contributed by atoms with E-state index in [2.05, 4.69) is 10.3 Å². The summed E-state index contributed by atoms with van der Waals surface area (Å²) < 4.78 is 0. The Balaban J connectivity index is 1.78. The number of amides is 1. The van der Waals surface area contributed by atoms with Crippen LogP contribution in [0.2, 0.25) is 0 Å². The Morgan fingerprint density at radius 3 is 2.86 bits per heavy atom. The molecule has 0 saturated carbocycles. The highest BCUT2D eigenvalue weighted by atomic mass is 32.2. The Morgan fingerprint density at radius 1 is 1.33 bits per heavy atom. The summed E-state index contributed by atoms with van der Waals surface area (Å²) in [4.78, 5) is 16.5. The van der Waals surface area contributed by atoms with Gasteiger partial charge in [0.1, 0.15) is 0 Å². The van der Waals surface area contributed by atoms with Crippen molar-refractivity contribution in [3.8, 4) is 0 Å². The lowest BCUT2D eigenvalue weighted by atomic mass is 10.1. The Kier molecular flexibility index (Phi) is 3.94. The highest BCUT2D eigenvalue weighted by molar-refractivity contribution is 7.98. The number of fused-ring (bicyclic) bond motifs is 1. The molecular formula is C16H16N2O2S. The van der Waals surface area contributed by atoms with Gasteiger partial charge in [0, 0.05) is 12.6 Å². The first-order valence-electron chi connectivity index (χ1n) is 6.76. The maximum absolute atomic E-state index is 12.3. The molecule has 2 atom stereocenters. The Labute approximate surface area is 127 Å². The van der Waals surface area contributed by atoms with Gasteiger partial charge in [-0.2, -0.15) is 0 Å². The standard InChI is InChI=1S/C16H16N2O2S/c1-21-14-7-6-11(9-17-14)16(20)18-15-12-5-3-2-4-10(12)8-13(15)19/h2-7,9,13,15,19H,8H2,1H3,(H,18,20). The van der Waals surface area contributed by atoms with E-state index in [1.165, 1.54) is 11.8 Å². The van der Waals surface area contributed by atoms with Crippen molar-refractivity contribution in [3.63, 3.8) is 0 Å². The van der Waals surface area contributed by atoms with Crippen molar-refractivity contribution < 1.29 is 9.90 Å². The smallest absolute Gasteiger partial charge is 0.253 e. The monoisotopic (exact) mass is 300 g/mol. The third kappa shape index (κ3) is 2.80. The van der Waals surface area contributed by atoms with Gasteiger partial charge >= 0.3 is 0 Å². The molecule has 4 nitrogen and oxygen atoms in total. The SMILES string of the molecule is CSc1ccc(C(=O)NC2c3ccccc3CC2O)cn1. The van der Waals surface area contributed by atoms with Gasteiger partial charge in [0.25, 0.3) is 5.91 Å². The van der Waals surface area contributed by atoms with Crippen LogP contribution in [0.4, 0.5) is 0 Å². The van der Waals surface area contributed by atoms with Gasteiger partial charge in [-0.25, -0.2) is 4.98 Å². The van der Waals surface area contributed by atoms with Gasteiger partial charge in [-0.15, -0.1) is 11.8 Å². The van der Waals surface area contributed by atoms with Gasteiger partial charge in [-0.3, -0.25) is 4.79 Å². The molecule has 2 aromatic rings. The number of aliphatic hydroxyl groups is 1. The number of rotatable bonds is 3. The van der Waals surface area contributed by atoms with Crippen LogP contribution in [0.15, 0.2) is 47.6 Å². The molecule has 3 rings (SSSR count). The van der Waals surface area contributed by atoms with Crippen LogP contribution in [0.5, 0.6) is 0 Å². The molecule has 0 spiro atoms. The highest BCUT2D eigenvalue weighted by Crippen LogP contribution is 2.31. The molecule has 1 heterocycles. The fourth-order valence-corrected chi connectivity index (χ4v) is 2.97. The quantitative estimate of drug-likeness (QED) is 0.853. The molecule has 1 amide bonds. The maximum Gasteiger partial charge on any atom is 0.253 e. The van der Waals surface area contributed by atoms with Gasteiger partial charge in [0.05, 0.1) is 22.7 Å². The van der Waals surface area contributed by atoms with E-state index in [4.69, 9.17) is 0 Å². The van der Waals surface area contributed by atoms with Crippen LogP contribution < -0.4 is 5.32 Å². The molecule has 21 heavy (non-hydrogen) atoms. The van der Waals surface area contributed by atoms with E-state index in [1.54, 1.807) is 12.3 Å². The minimum Gasteiger partial charge on any atom is -0.390 e. The van der Waals surface area contributed by atoms with Crippen LogP contribution in [0.1, 0.15) is 27.5 Å². The zero-order valence-corrected chi connectivity index (χ0v) is 12.4. The average molecular weight is 300 g/mol. The van der Waals surface area contributed by atoms with Crippen molar-refractivity contribution in [2.24, 2.45) is 0 Å². The van der Waals surface area contributed by atoms with Crippen molar-refractivity contribution >= 4 is 17.7 Å².